The molecule has 0 aliphatic rings. The van der Waals surface area contributed by atoms with E-state index < -0.39 is 9.84 Å². The highest BCUT2D eigenvalue weighted by Gasteiger charge is 2.17. The maximum atomic E-state index is 12.0. The maximum Gasteiger partial charge on any atom is 0.154 e. The second kappa shape index (κ2) is 6.55. The molecule has 3 nitrogen and oxygen atoms in total. The quantitative estimate of drug-likeness (QED) is 0.876. The standard InChI is InChI=1S/C13H20ClNO2S/c1-3-10(2)8-18(16,17)9-12-5-4-11(7-15)6-13(12)14/h4-6,10H,3,7-9,15H2,1-2H3. The van der Waals surface area contributed by atoms with Crippen LogP contribution in [-0.2, 0) is 22.1 Å². The van der Waals surface area contributed by atoms with E-state index in [0.29, 0.717) is 17.1 Å². The molecule has 0 aliphatic heterocycles. The van der Waals surface area contributed by atoms with E-state index in [2.05, 4.69) is 0 Å². The van der Waals surface area contributed by atoms with E-state index in [1.807, 2.05) is 19.9 Å². The number of halogens is 1. The van der Waals surface area contributed by atoms with Gasteiger partial charge in [0.2, 0.25) is 0 Å². The molecule has 0 heterocycles. The highest BCUT2D eigenvalue weighted by Crippen LogP contribution is 2.21. The van der Waals surface area contributed by atoms with Crippen molar-refractivity contribution in [1.82, 2.24) is 0 Å². The lowest BCUT2D eigenvalue weighted by Gasteiger charge is -2.11. The second-order valence-corrected chi connectivity index (χ2v) is 7.21. The van der Waals surface area contributed by atoms with Gasteiger partial charge in [-0.1, -0.05) is 44.0 Å². The van der Waals surface area contributed by atoms with Crippen LogP contribution in [0.1, 0.15) is 31.4 Å². The van der Waals surface area contributed by atoms with Crippen LogP contribution in [-0.4, -0.2) is 14.2 Å². The lowest BCUT2D eigenvalue weighted by atomic mass is 10.1. The van der Waals surface area contributed by atoms with Gasteiger partial charge in [-0.3, -0.25) is 0 Å². The molecule has 1 unspecified atom stereocenters. The fraction of sp³-hybridized carbons (Fsp3) is 0.538. The molecule has 102 valence electrons. The topological polar surface area (TPSA) is 60.2 Å². The Morgan fingerprint density at radius 1 is 1.39 bits per heavy atom. The van der Waals surface area contributed by atoms with Crippen molar-refractivity contribution in [2.24, 2.45) is 11.7 Å². The summed E-state index contributed by atoms with van der Waals surface area (Å²) in [5.74, 6) is 0.386. The molecule has 0 fully saturated rings. The van der Waals surface area contributed by atoms with Gasteiger partial charge in [0, 0.05) is 11.6 Å². The first-order valence-corrected chi connectivity index (χ1v) is 8.25. The van der Waals surface area contributed by atoms with Crippen LogP contribution in [0.25, 0.3) is 0 Å². The third-order valence-electron chi connectivity index (χ3n) is 2.96. The average molecular weight is 290 g/mol. The van der Waals surface area contributed by atoms with Crippen LogP contribution in [0.3, 0.4) is 0 Å². The summed E-state index contributed by atoms with van der Waals surface area (Å²) in [4.78, 5) is 0. The fourth-order valence-electron chi connectivity index (χ4n) is 1.68. The Bertz CT molecular complexity index is 500. The molecule has 0 saturated carbocycles. The van der Waals surface area contributed by atoms with Crippen molar-refractivity contribution in [3.05, 3.63) is 34.3 Å². The van der Waals surface area contributed by atoms with Gasteiger partial charge in [0.15, 0.2) is 9.84 Å². The first-order valence-electron chi connectivity index (χ1n) is 6.05. The zero-order chi connectivity index (χ0) is 13.8. The number of rotatable bonds is 6. The molecule has 18 heavy (non-hydrogen) atoms. The predicted molar refractivity (Wildman–Crippen MR) is 76.3 cm³/mol. The largest absolute Gasteiger partial charge is 0.326 e. The van der Waals surface area contributed by atoms with Gasteiger partial charge in [-0.2, -0.15) is 0 Å². The number of benzene rings is 1. The minimum Gasteiger partial charge on any atom is -0.326 e. The molecule has 2 N–H and O–H groups in total. The Hall–Kier alpha value is -0.580. The molecular formula is C13H20ClNO2S. The number of hydrogen-bond acceptors (Lipinski definition) is 3. The summed E-state index contributed by atoms with van der Waals surface area (Å²) in [5.41, 5.74) is 7.06. The van der Waals surface area contributed by atoms with E-state index in [0.717, 1.165) is 12.0 Å². The van der Waals surface area contributed by atoms with Gasteiger partial charge in [0.25, 0.3) is 0 Å². The summed E-state index contributed by atoms with van der Waals surface area (Å²) in [6.07, 6.45) is 0.860. The first kappa shape index (κ1) is 15.5. The Morgan fingerprint density at radius 3 is 2.56 bits per heavy atom. The third-order valence-corrected chi connectivity index (χ3v) is 5.14. The molecule has 1 atom stereocenters. The Labute approximate surface area is 114 Å². The molecule has 0 saturated heterocycles. The van der Waals surface area contributed by atoms with Crippen molar-refractivity contribution in [2.75, 3.05) is 5.75 Å². The van der Waals surface area contributed by atoms with Crippen molar-refractivity contribution in [3.8, 4) is 0 Å². The minimum atomic E-state index is -3.10. The van der Waals surface area contributed by atoms with Crippen molar-refractivity contribution in [1.29, 1.82) is 0 Å². The SMILES string of the molecule is CCC(C)CS(=O)(=O)Cc1ccc(CN)cc1Cl. The highest BCUT2D eigenvalue weighted by atomic mass is 35.5. The molecule has 0 spiro atoms. The van der Waals surface area contributed by atoms with Crippen LogP contribution in [0, 0.1) is 5.92 Å². The summed E-state index contributed by atoms with van der Waals surface area (Å²) in [6.45, 7) is 4.33. The molecular weight excluding hydrogens is 270 g/mol. The highest BCUT2D eigenvalue weighted by molar-refractivity contribution is 7.90. The van der Waals surface area contributed by atoms with E-state index in [1.54, 1.807) is 12.1 Å². The Balaban J connectivity index is 2.84. The van der Waals surface area contributed by atoms with Gasteiger partial charge in [0.05, 0.1) is 11.5 Å². The van der Waals surface area contributed by atoms with Gasteiger partial charge in [0.1, 0.15) is 0 Å². The van der Waals surface area contributed by atoms with Crippen molar-refractivity contribution in [2.45, 2.75) is 32.6 Å². The summed E-state index contributed by atoms with van der Waals surface area (Å²) in [5, 5.41) is 0.477. The van der Waals surface area contributed by atoms with Crippen molar-refractivity contribution < 1.29 is 8.42 Å². The van der Waals surface area contributed by atoms with Gasteiger partial charge in [-0.15, -0.1) is 0 Å². The van der Waals surface area contributed by atoms with Crippen molar-refractivity contribution >= 4 is 21.4 Å². The van der Waals surface area contributed by atoms with Gasteiger partial charge < -0.3 is 5.73 Å². The average Bonchev–Trinajstić information content (AvgIpc) is 2.30. The van der Waals surface area contributed by atoms with Gasteiger partial charge in [-0.25, -0.2) is 8.42 Å². The monoisotopic (exact) mass is 289 g/mol. The minimum absolute atomic E-state index is 0.00102. The van der Waals surface area contributed by atoms with E-state index in [9.17, 15) is 8.42 Å². The molecule has 0 aromatic heterocycles. The normalized spacial score (nSPS) is 13.6. The number of hydrogen-bond donors (Lipinski definition) is 1. The summed E-state index contributed by atoms with van der Waals surface area (Å²) in [6, 6.07) is 5.30. The zero-order valence-electron chi connectivity index (χ0n) is 10.8. The zero-order valence-corrected chi connectivity index (χ0v) is 12.4. The van der Waals surface area contributed by atoms with Gasteiger partial charge in [-0.05, 0) is 23.1 Å². The van der Waals surface area contributed by atoms with Crippen LogP contribution in [0.15, 0.2) is 18.2 Å². The van der Waals surface area contributed by atoms with Crippen LogP contribution in [0.2, 0.25) is 5.02 Å². The molecule has 5 heteroatoms. The molecule has 0 aliphatic carbocycles. The molecule has 1 aromatic rings. The number of sulfone groups is 1. The molecule has 1 rings (SSSR count). The third kappa shape index (κ3) is 4.59. The lowest BCUT2D eigenvalue weighted by Crippen LogP contribution is -2.15. The number of nitrogens with two attached hydrogens (primary N) is 1. The maximum absolute atomic E-state index is 12.0. The Kier molecular flexibility index (Phi) is 5.63. The Morgan fingerprint density at radius 2 is 2.06 bits per heavy atom. The lowest BCUT2D eigenvalue weighted by molar-refractivity contribution is 0.563. The first-order chi connectivity index (χ1) is 8.38. The van der Waals surface area contributed by atoms with E-state index >= 15 is 0 Å². The molecule has 0 radical (unpaired) electrons. The molecule has 0 amide bonds. The van der Waals surface area contributed by atoms with E-state index in [-0.39, 0.29) is 17.4 Å². The second-order valence-electron chi connectivity index (χ2n) is 4.70. The van der Waals surface area contributed by atoms with Crippen LogP contribution >= 0.6 is 11.6 Å². The van der Waals surface area contributed by atoms with Crippen LogP contribution < -0.4 is 5.73 Å². The predicted octanol–water partition coefficient (Wildman–Crippen LogP) is 2.76. The fourth-order valence-corrected chi connectivity index (χ4v) is 3.98. The van der Waals surface area contributed by atoms with Gasteiger partial charge >= 0.3 is 0 Å². The summed E-state index contributed by atoms with van der Waals surface area (Å²) in [7, 11) is -3.10. The van der Waals surface area contributed by atoms with E-state index in [1.165, 1.54) is 0 Å². The van der Waals surface area contributed by atoms with Crippen molar-refractivity contribution in [3.63, 3.8) is 0 Å². The summed E-state index contributed by atoms with van der Waals surface area (Å²) < 4.78 is 24.0. The van der Waals surface area contributed by atoms with Crippen LogP contribution in [0.4, 0.5) is 0 Å². The molecule has 0 bridgehead atoms. The van der Waals surface area contributed by atoms with Crippen LogP contribution in [0.5, 0.6) is 0 Å². The van der Waals surface area contributed by atoms with E-state index in [4.69, 9.17) is 17.3 Å². The smallest absolute Gasteiger partial charge is 0.154 e. The molecule has 1 aromatic carbocycles. The summed E-state index contributed by atoms with van der Waals surface area (Å²) >= 11 is 6.06.